The van der Waals surface area contributed by atoms with Crippen LogP contribution in [0.5, 0.6) is 11.5 Å². The molecule has 0 bridgehead atoms. The number of hydrogen-bond donors (Lipinski definition) is 0. The van der Waals surface area contributed by atoms with Crippen molar-refractivity contribution in [3.8, 4) is 44.9 Å². The zero-order valence-corrected chi connectivity index (χ0v) is 34.0. The van der Waals surface area contributed by atoms with Gasteiger partial charge in [0.05, 0.1) is 5.41 Å². The molecule has 8 aromatic carbocycles. The van der Waals surface area contributed by atoms with Crippen LogP contribution in [0.15, 0.2) is 230 Å². The van der Waals surface area contributed by atoms with Crippen LogP contribution in [0.1, 0.15) is 28.7 Å². The summed E-state index contributed by atoms with van der Waals surface area (Å²) in [6.07, 6.45) is 13.6. The van der Waals surface area contributed by atoms with Gasteiger partial charge in [0, 0.05) is 23.0 Å². The van der Waals surface area contributed by atoms with Crippen LogP contribution in [0.3, 0.4) is 0 Å². The minimum atomic E-state index is -0.455. The summed E-state index contributed by atoms with van der Waals surface area (Å²) in [5.74, 6) is 1.62. The van der Waals surface area contributed by atoms with Crippen molar-refractivity contribution in [2.24, 2.45) is 5.92 Å². The van der Waals surface area contributed by atoms with E-state index in [1.54, 1.807) is 0 Å². The number of hydrogen-bond acceptors (Lipinski definition) is 3. The number of allylic oxidation sites excluding steroid dienone is 6. The zero-order valence-electron chi connectivity index (χ0n) is 34.0. The largest absolute Gasteiger partial charge is 0.478 e. The summed E-state index contributed by atoms with van der Waals surface area (Å²) in [4.78, 5) is 2.43. The highest BCUT2D eigenvalue weighted by Gasteiger charge is 2.52. The topological polar surface area (TPSA) is 21.7 Å². The molecule has 0 aromatic heterocycles. The van der Waals surface area contributed by atoms with E-state index in [9.17, 15) is 0 Å². The summed E-state index contributed by atoms with van der Waals surface area (Å²) in [5.41, 5.74) is 16.8. The first-order chi connectivity index (χ1) is 30.8. The van der Waals surface area contributed by atoms with Crippen LogP contribution in [0.2, 0.25) is 0 Å². The maximum Gasteiger partial charge on any atom is 0.162 e. The minimum absolute atomic E-state index is 0.0409. The van der Waals surface area contributed by atoms with Gasteiger partial charge in [-0.2, -0.15) is 0 Å². The molecule has 0 amide bonds. The molecule has 0 saturated heterocycles. The number of nitrogens with zero attached hydrogens (tertiary/aromatic N) is 1. The van der Waals surface area contributed by atoms with Crippen LogP contribution in [0.25, 0.3) is 44.2 Å². The van der Waals surface area contributed by atoms with Gasteiger partial charge in [-0.1, -0.05) is 170 Å². The highest BCUT2D eigenvalue weighted by molar-refractivity contribution is 5.98. The third kappa shape index (κ3) is 5.06. The Balaban J connectivity index is 0.895. The maximum absolute atomic E-state index is 7.33. The molecule has 0 radical (unpaired) electrons. The number of ether oxygens (including phenoxy) is 2. The molecule has 62 heavy (non-hydrogen) atoms. The summed E-state index contributed by atoms with van der Waals surface area (Å²) >= 11 is 0. The molecule has 2 unspecified atom stereocenters. The summed E-state index contributed by atoms with van der Waals surface area (Å²) in [7, 11) is 0. The van der Waals surface area contributed by atoms with Gasteiger partial charge >= 0.3 is 0 Å². The quantitative estimate of drug-likeness (QED) is 0.173. The molecule has 0 saturated carbocycles. The summed E-state index contributed by atoms with van der Waals surface area (Å²) in [6, 6.07) is 66.3. The first-order valence-corrected chi connectivity index (χ1v) is 21.8. The Morgan fingerprint density at radius 3 is 1.85 bits per heavy atom. The predicted octanol–water partition coefficient (Wildman–Crippen LogP) is 14.2. The third-order valence-electron chi connectivity index (χ3n) is 13.8. The second-order valence-electron chi connectivity index (χ2n) is 17.0. The molecule has 4 aliphatic carbocycles. The van der Waals surface area contributed by atoms with Crippen molar-refractivity contribution in [1.29, 1.82) is 0 Å². The van der Waals surface area contributed by atoms with Crippen LogP contribution < -0.4 is 14.4 Å². The minimum Gasteiger partial charge on any atom is -0.478 e. The fourth-order valence-electron chi connectivity index (χ4n) is 11.2. The molecule has 13 rings (SSSR count). The highest BCUT2D eigenvalue weighted by Crippen LogP contribution is 2.64. The molecule has 1 heterocycles. The van der Waals surface area contributed by atoms with Crippen molar-refractivity contribution in [3.05, 3.63) is 252 Å². The summed E-state index contributed by atoms with van der Waals surface area (Å²) < 4.78 is 14.4. The number of benzene rings is 8. The Labute approximate surface area is 361 Å². The number of para-hydroxylation sites is 1. The van der Waals surface area contributed by atoms with Crippen LogP contribution in [0.4, 0.5) is 11.4 Å². The molecule has 3 nitrogen and oxygen atoms in total. The Morgan fingerprint density at radius 1 is 0.484 bits per heavy atom. The van der Waals surface area contributed by atoms with Crippen molar-refractivity contribution in [3.63, 3.8) is 0 Å². The van der Waals surface area contributed by atoms with E-state index in [4.69, 9.17) is 9.47 Å². The number of fused-ring (bicyclic) bond motifs is 13. The van der Waals surface area contributed by atoms with Gasteiger partial charge in [-0.25, -0.2) is 0 Å². The molecule has 294 valence electrons. The van der Waals surface area contributed by atoms with E-state index >= 15 is 0 Å². The lowest BCUT2D eigenvalue weighted by molar-refractivity contribution is 0.0632. The summed E-state index contributed by atoms with van der Waals surface area (Å²) in [5, 5.41) is 2.50. The normalized spacial score (nSPS) is 19.2. The number of rotatable bonds is 5. The van der Waals surface area contributed by atoms with Crippen molar-refractivity contribution < 1.29 is 9.47 Å². The highest BCUT2D eigenvalue weighted by atomic mass is 16.6. The Hall–Kier alpha value is -7.62. The van der Waals surface area contributed by atoms with E-state index < -0.39 is 5.41 Å². The molecule has 1 aliphatic heterocycles. The van der Waals surface area contributed by atoms with Crippen molar-refractivity contribution in [1.82, 2.24) is 0 Å². The monoisotopic (exact) mass is 795 g/mol. The average molecular weight is 796 g/mol. The van der Waals surface area contributed by atoms with E-state index in [1.807, 2.05) is 0 Å². The second-order valence-corrected chi connectivity index (χ2v) is 17.0. The molecule has 8 aromatic rings. The first kappa shape index (κ1) is 35.2. The molecule has 0 N–H and O–H groups in total. The van der Waals surface area contributed by atoms with E-state index in [0.717, 1.165) is 29.3 Å². The van der Waals surface area contributed by atoms with Crippen LogP contribution >= 0.6 is 0 Å². The van der Waals surface area contributed by atoms with Gasteiger partial charge in [-0.05, 0) is 127 Å². The van der Waals surface area contributed by atoms with Crippen molar-refractivity contribution in [2.45, 2.75) is 24.0 Å². The van der Waals surface area contributed by atoms with Gasteiger partial charge in [0.25, 0.3) is 0 Å². The number of anilines is 2. The fraction of sp³-hybridized carbons (Fsp3) is 0.0847. The molecular weight excluding hydrogens is 755 g/mol. The Morgan fingerprint density at radius 2 is 1.10 bits per heavy atom. The van der Waals surface area contributed by atoms with E-state index in [1.165, 1.54) is 77.7 Å². The van der Waals surface area contributed by atoms with E-state index in [2.05, 4.69) is 223 Å². The molecule has 3 heteroatoms. The standard InChI is InChI=1S/C59H41NO2/c1-2-18-40(19-3-1)60(41-34-32-39(33-35-41)43-25-14-17-38-16-4-5-20-42(38)43)54-30-13-9-24-47(54)48-26-15-31-55-58(48)62-57-37-53-49(36-56(57)61-55)46-23-8-12-29-52(46)59(53)50-27-10-6-21-44(50)45-22-7-11-28-51(45)59/h1-23,25-37,47,55,58H,24H2/t47?,55-,58?/m0/s1. The van der Waals surface area contributed by atoms with Crippen molar-refractivity contribution in [2.75, 3.05) is 4.90 Å². The van der Waals surface area contributed by atoms with Gasteiger partial charge in [-0.3, -0.25) is 0 Å². The molecular formula is C59H41NO2. The van der Waals surface area contributed by atoms with Crippen LogP contribution in [-0.2, 0) is 5.41 Å². The van der Waals surface area contributed by atoms with E-state index in [-0.39, 0.29) is 18.1 Å². The zero-order chi connectivity index (χ0) is 40.8. The van der Waals surface area contributed by atoms with Gasteiger partial charge < -0.3 is 14.4 Å². The molecule has 1 spiro atoms. The second kappa shape index (κ2) is 13.7. The average Bonchev–Trinajstić information content (AvgIpc) is 3.80. The first-order valence-electron chi connectivity index (χ1n) is 21.8. The van der Waals surface area contributed by atoms with Gasteiger partial charge in [0.15, 0.2) is 23.7 Å². The fourth-order valence-corrected chi connectivity index (χ4v) is 11.2. The Kier molecular flexibility index (Phi) is 7.77. The summed E-state index contributed by atoms with van der Waals surface area (Å²) in [6.45, 7) is 0. The van der Waals surface area contributed by atoms with E-state index in [0.29, 0.717) is 0 Å². The maximum atomic E-state index is 7.33. The van der Waals surface area contributed by atoms with Crippen molar-refractivity contribution >= 4 is 22.1 Å². The third-order valence-corrected chi connectivity index (χ3v) is 13.8. The molecule has 0 fully saturated rings. The van der Waals surface area contributed by atoms with Gasteiger partial charge in [0.1, 0.15) is 0 Å². The molecule has 3 atom stereocenters. The van der Waals surface area contributed by atoms with Crippen LogP contribution in [-0.4, -0.2) is 12.2 Å². The molecule has 5 aliphatic rings. The SMILES string of the molecule is C1=CCC(C2=CC=C[C@@H]3Oc4cc5c(cc4OC23)C2(c3ccccc3-c3ccccc32)c2ccccc2-5)C(N(c2ccccc2)c2ccc(-c3cccc4ccccc34)cc2)=C1. The lowest BCUT2D eigenvalue weighted by Gasteiger charge is -2.41. The predicted molar refractivity (Wildman–Crippen MR) is 252 cm³/mol. The van der Waals surface area contributed by atoms with Crippen LogP contribution in [0, 0.1) is 5.92 Å². The van der Waals surface area contributed by atoms with Gasteiger partial charge in [0.2, 0.25) is 0 Å². The Bertz CT molecular complexity index is 3190. The lowest BCUT2D eigenvalue weighted by atomic mass is 9.70. The van der Waals surface area contributed by atoms with Gasteiger partial charge in [-0.15, -0.1) is 0 Å². The lowest BCUT2D eigenvalue weighted by Crippen LogP contribution is -2.44. The smallest absolute Gasteiger partial charge is 0.162 e.